The van der Waals surface area contributed by atoms with Gasteiger partial charge in [-0.25, -0.2) is 0 Å². The number of guanidine groups is 1. The molecule has 1 atom stereocenters. The molecule has 0 amide bonds. The van der Waals surface area contributed by atoms with Crippen LogP contribution in [0, 0.1) is 0 Å². The first kappa shape index (κ1) is 23.1. The predicted molar refractivity (Wildman–Crippen MR) is 128 cm³/mol. The Morgan fingerprint density at radius 1 is 1.25 bits per heavy atom. The van der Waals surface area contributed by atoms with E-state index >= 15 is 0 Å². The highest BCUT2D eigenvalue weighted by atomic mass is 127. The molecular formula is C21H36IN5O. The third-order valence-electron chi connectivity index (χ3n) is 5.66. The highest BCUT2D eigenvalue weighted by Crippen LogP contribution is 2.28. The van der Waals surface area contributed by atoms with Gasteiger partial charge in [0.2, 0.25) is 0 Å². The number of hydrogen-bond donors (Lipinski definition) is 1. The van der Waals surface area contributed by atoms with Crippen LogP contribution in [0.2, 0.25) is 0 Å². The van der Waals surface area contributed by atoms with Crippen LogP contribution in [0.25, 0.3) is 0 Å². The maximum absolute atomic E-state index is 5.53. The number of likely N-dealkylation sites (N-methyl/N-ethyl adjacent to an activating group) is 1. The van der Waals surface area contributed by atoms with Crippen molar-refractivity contribution in [2.75, 3.05) is 58.3 Å². The second-order valence-electron chi connectivity index (χ2n) is 7.59. The maximum Gasteiger partial charge on any atom is 0.194 e. The lowest BCUT2D eigenvalue weighted by Gasteiger charge is -2.38. The first-order valence-corrected chi connectivity index (χ1v) is 10.3. The minimum atomic E-state index is 0. The van der Waals surface area contributed by atoms with Crippen molar-refractivity contribution < 1.29 is 4.74 Å². The summed E-state index contributed by atoms with van der Waals surface area (Å²) < 4.78 is 5.53. The Kier molecular flexibility index (Phi) is 9.14. The van der Waals surface area contributed by atoms with E-state index in [0.29, 0.717) is 6.04 Å². The Balaban J connectivity index is 0.00000280. The molecule has 2 aliphatic rings. The topological polar surface area (TPSA) is 43.3 Å². The fourth-order valence-electron chi connectivity index (χ4n) is 3.67. The predicted octanol–water partition coefficient (Wildman–Crippen LogP) is 2.88. The number of ether oxygens (including phenoxy) is 1. The number of methoxy groups -OCH3 is 1. The van der Waals surface area contributed by atoms with Crippen LogP contribution < -0.4 is 15.0 Å². The Morgan fingerprint density at radius 2 is 1.93 bits per heavy atom. The van der Waals surface area contributed by atoms with Crippen LogP contribution in [0.15, 0.2) is 29.3 Å². The zero-order chi connectivity index (χ0) is 19.2. The molecule has 0 radical (unpaired) electrons. The van der Waals surface area contributed by atoms with Gasteiger partial charge in [-0.3, -0.25) is 9.89 Å². The molecule has 1 saturated heterocycles. The van der Waals surface area contributed by atoms with Gasteiger partial charge in [0, 0.05) is 44.8 Å². The zero-order valence-corrected chi connectivity index (χ0v) is 20.1. The number of piperazine rings is 1. The third-order valence-corrected chi connectivity index (χ3v) is 5.66. The zero-order valence-electron chi connectivity index (χ0n) is 17.7. The lowest BCUT2D eigenvalue weighted by Crippen LogP contribution is -2.53. The number of para-hydroxylation sites is 2. The third kappa shape index (κ3) is 5.89. The van der Waals surface area contributed by atoms with Crippen molar-refractivity contribution in [1.29, 1.82) is 0 Å². The number of halogens is 1. The molecule has 7 heteroatoms. The van der Waals surface area contributed by atoms with Gasteiger partial charge in [-0.05, 0) is 45.9 Å². The maximum atomic E-state index is 5.53. The molecule has 1 heterocycles. The largest absolute Gasteiger partial charge is 0.495 e. The van der Waals surface area contributed by atoms with Crippen LogP contribution >= 0.6 is 24.0 Å². The van der Waals surface area contributed by atoms with E-state index in [2.05, 4.69) is 53.0 Å². The molecule has 1 N–H and O–H groups in total. The van der Waals surface area contributed by atoms with Crippen LogP contribution in [0.5, 0.6) is 5.75 Å². The molecule has 0 bridgehead atoms. The minimum Gasteiger partial charge on any atom is -0.495 e. The van der Waals surface area contributed by atoms with Crippen molar-refractivity contribution in [3.05, 3.63) is 24.3 Å². The molecular weight excluding hydrogens is 465 g/mol. The first-order chi connectivity index (χ1) is 13.1. The van der Waals surface area contributed by atoms with Gasteiger partial charge in [0.15, 0.2) is 5.96 Å². The molecule has 1 aliphatic carbocycles. The molecule has 1 aromatic carbocycles. The average Bonchev–Trinajstić information content (AvgIpc) is 3.55. The van der Waals surface area contributed by atoms with Gasteiger partial charge in [-0.2, -0.15) is 0 Å². The molecule has 3 rings (SSSR count). The first-order valence-electron chi connectivity index (χ1n) is 10.3. The normalized spacial score (nSPS) is 18.7. The highest BCUT2D eigenvalue weighted by Gasteiger charge is 2.29. The van der Waals surface area contributed by atoms with Crippen molar-refractivity contribution in [3.63, 3.8) is 0 Å². The summed E-state index contributed by atoms with van der Waals surface area (Å²) in [5.74, 6) is 2.00. The number of nitrogens with one attached hydrogen (secondary N) is 1. The van der Waals surface area contributed by atoms with Crippen LogP contribution in [0.1, 0.15) is 26.7 Å². The summed E-state index contributed by atoms with van der Waals surface area (Å²) in [7, 11) is 3.97. The summed E-state index contributed by atoms with van der Waals surface area (Å²) in [5, 5.41) is 3.48. The molecule has 0 spiro atoms. The van der Waals surface area contributed by atoms with Gasteiger partial charge in [-0.15, -0.1) is 24.0 Å². The molecule has 1 aliphatic heterocycles. The fraction of sp³-hybridized carbons (Fsp3) is 0.667. The quantitative estimate of drug-likeness (QED) is 0.354. The number of hydrogen-bond acceptors (Lipinski definition) is 4. The average molecular weight is 501 g/mol. The second kappa shape index (κ2) is 11.1. The van der Waals surface area contributed by atoms with Crippen LogP contribution in [-0.2, 0) is 0 Å². The summed E-state index contributed by atoms with van der Waals surface area (Å²) in [6, 6.07) is 9.54. The lowest BCUT2D eigenvalue weighted by molar-refractivity contribution is 0.252. The number of anilines is 1. The monoisotopic (exact) mass is 501 g/mol. The standard InChI is InChI=1S/C21H35N5O.HI/c1-5-22-21(23-16-17(2)24(3)18-10-11-18)26-14-12-25(13-15-26)19-8-6-7-9-20(19)27-4;/h6-9,17-18H,5,10-16H2,1-4H3,(H,22,23);1H. The van der Waals surface area contributed by atoms with Crippen LogP contribution in [-0.4, -0.2) is 81.3 Å². The van der Waals surface area contributed by atoms with Crippen molar-refractivity contribution in [2.24, 2.45) is 4.99 Å². The molecule has 2 fully saturated rings. The van der Waals surface area contributed by atoms with Crippen LogP contribution in [0.3, 0.4) is 0 Å². The fourth-order valence-corrected chi connectivity index (χ4v) is 3.67. The summed E-state index contributed by atoms with van der Waals surface area (Å²) in [5.41, 5.74) is 1.18. The van der Waals surface area contributed by atoms with Gasteiger partial charge in [0.05, 0.1) is 19.3 Å². The van der Waals surface area contributed by atoms with Gasteiger partial charge in [0.25, 0.3) is 0 Å². The van der Waals surface area contributed by atoms with Crippen molar-refractivity contribution >= 4 is 35.6 Å². The van der Waals surface area contributed by atoms with Crippen molar-refractivity contribution in [1.82, 2.24) is 15.1 Å². The van der Waals surface area contributed by atoms with E-state index in [-0.39, 0.29) is 24.0 Å². The van der Waals surface area contributed by atoms with E-state index < -0.39 is 0 Å². The van der Waals surface area contributed by atoms with E-state index in [0.717, 1.165) is 57.0 Å². The molecule has 0 aromatic heterocycles. The summed E-state index contributed by atoms with van der Waals surface area (Å²) >= 11 is 0. The Bertz CT molecular complexity index is 629. The Hall–Kier alpha value is -1.22. The van der Waals surface area contributed by atoms with Gasteiger partial charge < -0.3 is 19.9 Å². The van der Waals surface area contributed by atoms with E-state index in [1.165, 1.54) is 18.5 Å². The SMILES string of the molecule is CCNC(=NCC(C)N(C)C1CC1)N1CCN(c2ccccc2OC)CC1.I. The Morgan fingerprint density at radius 3 is 2.54 bits per heavy atom. The minimum absolute atomic E-state index is 0. The van der Waals surface area contributed by atoms with Gasteiger partial charge in [0.1, 0.15) is 5.75 Å². The molecule has 158 valence electrons. The smallest absolute Gasteiger partial charge is 0.194 e. The highest BCUT2D eigenvalue weighted by molar-refractivity contribution is 14.0. The van der Waals surface area contributed by atoms with Gasteiger partial charge in [-0.1, -0.05) is 12.1 Å². The number of rotatable bonds is 7. The summed E-state index contributed by atoms with van der Waals surface area (Å²) in [6.45, 7) is 10.1. The molecule has 28 heavy (non-hydrogen) atoms. The summed E-state index contributed by atoms with van der Waals surface area (Å²) in [6.07, 6.45) is 2.69. The number of benzene rings is 1. The molecule has 1 saturated carbocycles. The molecule has 1 aromatic rings. The molecule has 6 nitrogen and oxygen atoms in total. The number of nitrogens with zero attached hydrogens (tertiary/aromatic N) is 4. The van der Waals surface area contributed by atoms with E-state index in [9.17, 15) is 0 Å². The van der Waals surface area contributed by atoms with E-state index in [4.69, 9.17) is 9.73 Å². The molecule has 1 unspecified atom stereocenters. The van der Waals surface area contributed by atoms with Crippen molar-refractivity contribution in [2.45, 2.75) is 38.8 Å². The lowest BCUT2D eigenvalue weighted by atomic mass is 10.2. The van der Waals surface area contributed by atoms with Gasteiger partial charge >= 0.3 is 0 Å². The Labute approximate surface area is 187 Å². The summed E-state index contributed by atoms with van der Waals surface area (Å²) in [4.78, 5) is 12.2. The second-order valence-corrected chi connectivity index (χ2v) is 7.59. The van der Waals surface area contributed by atoms with Crippen LogP contribution in [0.4, 0.5) is 5.69 Å². The number of aliphatic imine (C=N–C) groups is 1. The van der Waals surface area contributed by atoms with E-state index in [1.54, 1.807) is 7.11 Å². The van der Waals surface area contributed by atoms with E-state index in [1.807, 2.05) is 12.1 Å². The van der Waals surface area contributed by atoms with Crippen molar-refractivity contribution in [3.8, 4) is 5.75 Å².